The highest BCUT2D eigenvalue weighted by Gasteiger charge is 2.39. The number of carbonyl (C=O) groups is 2. The van der Waals surface area contributed by atoms with Crippen LogP contribution in [0.25, 0.3) is 28.1 Å². The summed E-state index contributed by atoms with van der Waals surface area (Å²) in [6.07, 6.45) is 2.39. The molecule has 7 heteroatoms. The number of carboxylic acid groups (broad SMARTS) is 1. The number of carboxylic acids is 1. The van der Waals surface area contributed by atoms with Gasteiger partial charge in [-0.15, -0.1) is 0 Å². The average molecular weight is 524 g/mol. The van der Waals surface area contributed by atoms with E-state index in [0.717, 1.165) is 27.7 Å². The quantitative estimate of drug-likeness (QED) is 0.217. The molecule has 0 amide bonds. The highest BCUT2D eigenvalue weighted by molar-refractivity contribution is 6.74. The number of allylic oxidation sites excluding steroid dienone is 1. The summed E-state index contributed by atoms with van der Waals surface area (Å²) in [4.78, 5) is 24.7. The van der Waals surface area contributed by atoms with E-state index in [2.05, 4.69) is 52.3 Å². The van der Waals surface area contributed by atoms with Crippen molar-refractivity contribution < 1.29 is 23.5 Å². The van der Waals surface area contributed by atoms with Crippen LogP contribution in [0.3, 0.4) is 0 Å². The van der Waals surface area contributed by atoms with Gasteiger partial charge < -0.3 is 14.1 Å². The number of nitrogens with zero attached hydrogens (tertiary/aromatic N) is 1. The van der Waals surface area contributed by atoms with Gasteiger partial charge in [0, 0.05) is 28.9 Å². The molecule has 1 atom stereocenters. The van der Waals surface area contributed by atoms with E-state index < -0.39 is 20.4 Å². The van der Waals surface area contributed by atoms with Crippen molar-refractivity contribution >= 4 is 37.0 Å². The van der Waals surface area contributed by atoms with E-state index in [0.29, 0.717) is 0 Å². The van der Waals surface area contributed by atoms with E-state index in [9.17, 15) is 19.1 Å². The number of ketones is 1. The molecule has 0 aliphatic heterocycles. The van der Waals surface area contributed by atoms with Crippen LogP contribution >= 0.6 is 0 Å². The number of hydrogen-bond donors (Lipinski definition) is 1. The minimum absolute atomic E-state index is 0.0108. The van der Waals surface area contributed by atoms with Gasteiger partial charge in [-0.1, -0.05) is 51.1 Å². The van der Waals surface area contributed by atoms with E-state index in [4.69, 9.17) is 4.43 Å². The van der Waals surface area contributed by atoms with Crippen LogP contribution in [-0.2, 0) is 14.0 Å². The van der Waals surface area contributed by atoms with Gasteiger partial charge >= 0.3 is 5.97 Å². The first-order valence-electron chi connectivity index (χ1n) is 12.7. The number of hydrogen-bond acceptors (Lipinski definition) is 3. The summed E-state index contributed by atoms with van der Waals surface area (Å²) in [7, 11) is -2.27. The minimum atomic E-state index is -2.27. The molecule has 1 aromatic heterocycles. The Hall–Kier alpha value is -3.03. The van der Waals surface area contributed by atoms with Gasteiger partial charge in [0.2, 0.25) is 0 Å². The first-order chi connectivity index (χ1) is 17.2. The van der Waals surface area contributed by atoms with Gasteiger partial charge in [-0.3, -0.25) is 9.59 Å². The number of halogens is 1. The van der Waals surface area contributed by atoms with Crippen LogP contribution in [0, 0.1) is 5.82 Å². The second kappa shape index (κ2) is 11.2. The maximum atomic E-state index is 13.7. The molecule has 1 N–H and O–H groups in total. The number of para-hydroxylation sites is 1. The topological polar surface area (TPSA) is 68.5 Å². The Kier molecular flexibility index (Phi) is 8.60. The summed E-state index contributed by atoms with van der Waals surface area (Å²) in [5.74, 6) is -1.50. The second-order valence-electron chi connectivity index (χ2n) is 11.3. The van der Waals surface area contributed by atoms with Crippen molar-refractivity contribution in [2.24, 2.45) is 0 Å². The number of carbonyl (C=O) groups excluding carboxylic acids is 1. The summed E-state index contributed by atoms with van der Waals surface area (Å²) >= 11 is 0. The second-order valence-corrected chi connectivity index (χ2v) is 16.1. The molecule has 3 rings (SSSR count). The first kappa shape index (κ1) is 28.5. The number of fused-ring (bicyclic) bond motifs is 1. The fraction of sp³-hybridized carbons (Fsp3) is 0.400. The maximum absolute atomic E-state index is 13.7. The molecular weight excluding hydrogens is 485 g/mol. The Balaban J connectivity index is 2.01. The molecule has 3 aromatic rings. The molecule has 2 aromatic carbocycles. The molecule has 0 aliphatic carbocycles. The van der Waals surface area contributed by atoms with Crippen LogP contribution < -0.4 is 0 Å². The van der Waals surface area contributed by atoms with Crippen LogP contribution in [0.15, 0.2) is 54.6 Å². The number of aromatic nitrogens is 1. The lowest BCUT2D eigenvalue weighted by Gasteiger charge is -2.38. The van der Waals surface area contributed by atoms with Gasteiger partial charge in [0.1, 0.15) is 5.82 Å². The Morgan fingerprint density at radius 1 is 1.05 bits per heavy atom. The van der Waals surface area contributed by atoms with E-state index in [1.807, 2.05) is 24.3 Å². The molecule has 0 aliphatic rings. The van der Waals surface area contributed by atoms with Crippen LogP contribution in [-0.4, -0.2) is 35.8 Å². The van der Waals surface area contributed by atoms with Gasteiger partial charge in [0.25, 0.3) is 0 Å². The predicted molar refractivity (Wildman–Crippen MR) is 151 cm³/mol. The van der Waals surface area contributed by atoms with E-state index in [1.54, 1.807) is 18.2 Å². The van der Waals surface area contributed by atoms with Crippen LogP contribution in [0.1, 0.15) is 59.2 Å². The normalized spacial score (nSPS) is 13.5. The van der Waals surface area contributed by atoms with Gasteiger partial charge in [-0.05, 0) is 67.9 Å². The number of rotatable bonds is 10. The van der Waals surface area contributed by atoms with E-state index >= 15 is 0 Å². The maximum Gasteiger partial charge on any atom is 0.305 e. The lowest BCUT2D eigenvalue weighted by atomic mass is 10.0. The third-order valence-electron chi connectivity index (χ3n) is 7.12. The zero-order chi connectivity index (χ0) is 27.5. The SMILES string of the molecule is CC(C)n1c(C=CC(=O)C[C@H](CC(=O)O)O[Si](C)(C)C(C)(C)C)c(-c2ccc(F)cc2)c2ccccc21. The highest BCUT2D eigenvalue weighted by Crippen LogP contribution is 2.39. The lowest BCUT2D eigenvalue weighted by Crippen LogP contribution is -2.44. The summed E-state index contributed by atoms with van der Waals surface area (Å²) in [6, 6.07) is 14.5. The smallest absolute Gasteiger partial charge is 0.305 e. The van der Waals surface area contributed by atoms with Gasteiger partial charge in [-0.25, -0.2) is 4.39 Å². The third-order valence-corrected chi connectivity index (χ3v) is 11.7. The van der Waals surface area contributed by atoms with Crippen molar-refractivity contribution in [2.45, 2.75) is 77.7 Å². The first-order valence-corrected chi connectivity index (χ1v) is 15.6. The van der Waals surface area contributed by atoms with E-state index in [1.165, 1.54) is 18.2 Å². The summed E-state index contributed by atoms with van der Waals surface area (Å²) < 4.78 is 22.2. The molecule has 0 bridgehead atoms. The number of benzene rings is 2. The molecule has 0 fully saturated rings. The standard InChI is InChI=1S/C30H38FNO4Si/c1-20(2)32-26-11-9-8-10-25(26)29(21-12-14-22(31)15-13-21)27(32)17-16-23(33)18-24(19-28(34)35)36-37(6,7)30(3,4)5/h8-17,20,24H,18-19H2,1-7H3,(H,34,35)/t24-/m1/s1. The van der Waals surface area contributed by atoms with Crippen molar-refractivity contribution in [1.29, 1.82) is 0 Å². The van der Waals surface area contributed by atoms with Crippen LogP contribution in [0.4, 0.5) is 4.39 Å². The predicted octanol–water partition coefficient (Wildman–Crippen LogP) is 7.87. The molecule has 198 valence electrons. The molecule has 0 spiro atoms. The summed E-state index contributed by atoms with van der Waals surface area (Å²) in [5.41, 5.74) is 3.65. The zero-order valence-electron chi connectivity index (χ0n) is 22.8. The largest absolute Gasteiger partial charge is 0.481 e. The van der Waals surface area contributed by atoms with Crippen molar-refractivity contribution in [3.8, 4) is 11.1 Å². The Morgan fingerprint density at radius 3 is 2.24 bits per heavy atom. The Labute approximate surface area is 220 Å². The molecule has 1 heterocycles. The molecule has 0 radical (unpaired) electrons. The Bertz CT molecular complexity index is 1300. The third kappa shape index (κ3) is 6.65. The average Bonchev–Trinajstić information content (AvgIpc) is 3.11. The van der Waals surface area contributed by atoms with Crippen molar-refractivity contribution in [3.63, 3.8) is 0 Å². The summed E-state index contributed by atoms with van der Waals surface area (Å²) in [5, 5.41) is 10.3. The van der Waals surface area contributed by atoms with Crippen molar-refractivity contribution in [3.05, 3.63) is 66.1 Å². The van der Waals surface area contributed by atoms with Gasteiger partial charge in [-0.2, -0.15) is 0 Å². The number of aliphatic carboxylic acids is 1. The summed E-state index contributed by atoms with van der Waals surface area (Å²) in [6.45, 7) is 14.5. The molecular formula is C30H38FNO4Si. The van der Waals surface area contributed by atoms with Crippen molar-refractivity contribution in [2.75, 3.05) is 0 Å². The van der Waals surface area contributed by atoms with E-state index in [-0.39, 0.29) is 35.5 Å². The minimum Gasteiger partial charge on any atom is -0.481 e. The molecule has 0 saturated carbocycles. The molecule has 0 unspecified atom stereocenters. The molecule has 5 nitrogen and oxygen atoms in total. The van der Waals surface area contributed by atoms with Crippen LogP contribution in [0.5, 0.6) is 0 Å². The highest BCUT2D eigenvalue weighted by atomic mass is 28.4. The molecule has 0 saturated heterocycles. The fourth-order valence-electron chi connectivity index (χ4n) is 4.33. The fourth-order valence-corrected chi connectivity index (χ4v) is 5.68. The molecule has 37 heavy (non-hydrogen) atoms. The Morgan fingerprint density at radius 2 is 1.68 bits per heavy atom. The van der Waals surface area contributed by atoms with Gasteiger partial charge in [0.15, 0.2) is 14.1 Å². The lowest BCUT2D eigenvalue weighted by molar-refractivity contribution is -0.139. The zero-order valence-corrected chi connectivity index (χ0v) is 23.8. The van der Waals surface area contributed by atoms with Gasteiger partial charge in [0.05, 0.1) is 18.2 Å². The van der Waals surface area contributed by atoms with Crippen molar-refractivity contribution in [1.82, 2.24) is 4.57 Å². The monoisotopic (exact) mass is 523 g/mol. The van der Waals surface area contributed by atoms with Crippen LogP contribution in [0.2, 0.25) is 18.1 Å².